The van der Waals surface area contributed by atoms with Crippen molar-refractivity contribution in [2.24, 2.45) is 0 Å². The SMILES string of the molecule is COc1ccc(CCNCCC(=O)NCc2ccc3c(c2)OCO3)cc1. The molecule has 0 fully saturated rings. The highest BCUT2D eigenvalue weighted by atomic mass is 16.7. The Labute approximate surface area is 153 Å². The fourth-order valence-corrected chi connectivity index (χ4v) is 2.69. The fourth-order valence-electron chi connectivity index (χ4n) is 2.69. The molecule has 26 heavy (non-hydrogen) atoms. The Hall–Kier alpha value is -2.73. The number of ether oxygens (including phenoxy) is 3. The van der Waals surface area contributed by atoms with E-state index in [2.05, 4.69) is 22.8 Å². The highest BCUT2D eigenvalue weighted by Gasteiger charge is 2.13. The van der Waals surface area contributed by atoms with Gasteiger partial charge in [-0.05, 0) is 48.4 Å². The smallest absolute Gasteiger partial charge is 0.231 e. The predicted octanol–water partition coefficient (Wildman–Crippen LogP) is 2.26. The lowest BCUT2D eigenvalue weighted by Gasteiger charge is -2.08. The van der Waals surface area contributed by atoms with Gasteiger partial charge in [-0.15, -0.1) is 0 Å². The third-order valence-electron chi connectivity index (χ3n) is 4.21. The first kappa shape index (κ1) is 18.1. The Balaban J connectivity index is 1.29. The molecule has 0 atom stereocenters. The van der Waals surface area contributed by atoms with Crippen molar-refractivity contribution in [2.45, 2.75) is 19.4 Å². The van der Waals surface area contributed by atoms with E-state index in [9.17, 15) is 4.79 Å². The van der Waals surface area contributed by atoms with Crippen molar-refractivity contribution in [3.63, 3.8) is 0 Å². The zero-order chi connectivity index (χ0) is 18.2. The zero-order valence-corrected chi connectivity index (χ0v) is 14.9. The van der Waals surface area contributed by atoms with Crippen LogP contribution in [0.1, 0.15) is 17.5 Å². The topological polar surface area (TPSA) is 68.8 Å². The van der Waals surface area contributed by atoms with E-state index < -0.39 is 0 Å². The molecule has 1 aliphatic heterocycles. The van der Waals surface area contributed by atoms with Crippen molar-refractivity contribution >= 4 is 5.91 Å². The highest BCUT2D eigenvalue weighted by Crippen LogP contribution is 2.32. The van der Waals surface area contributed by atoms with Gasteiger partial charge in [-0.2, -0.15) is 0 Å². The first-order valence-corrected chi connectivity index (χ1v) is 8.73. The molecule has 138 valence electrons. The maximum atomic E-state index is 11.9. The molecular weight excluding hydrogens is 332 g/mol. The number of hydrogen-bond acceptors (Lipinski definition) is 5. The van der Waals surface area contributed by atoms with Crippen molar-refractivity contribution in [2.75, 3.05) is 27.0 Å². The van der Waals surface area contributed by atoms with Crippen LogP contribution < -0.4 is 24.8 Å². The molecule has 2 N–H and O–H groups in total. The lowest BCUT2D eigenvalue weighted by atomic mass is 10.1. The van der Waals surface area contributed by atoms with Gasteiger partial charge >= 0.3 is 0 Å². The molecule has 3 rings (SSSR count). The van der Waals surface area contributed by atoms with Crippen molar-refractivity contribution in [1.29, 1.82) is 0 Å². The molecule has 0 unspecified atom stereocenters. The second-order valence-corrected chi connectivity index (χ2v) is 6.06. The van der Waals surface area contributed by atoms with Crippen LogP contribution in [-0.4, -0.2) is 32.9 Å². The molecule has 0 spiro atoms. The minimum absolute atomic E-state index is 0.0274. The number of nitrogens with one attached hydrogen (secondary N) is 2. The average Bonchev–Trinajstić information content (AvgIpc) is 3.14. The summed E-state index contributed by atoms with van der Waals surface area (Å²) in [5, 5.41) is 6.22. The predicted molar refractivity (Wildman–Crippen MR) is 98.6 cm³/mol. The molecule has 0 saturated carbocycles. The number of amides is 1. The van der Waals surface area contributed by atoms with Crippen LogP contribution in [0, 0.1) is 0 Å². The summed E-state index contributed by atoms with van der Waals surface area (Å²) in [6.07, 6.45) is 1.37. The molecule has 0 aliphatic carbocycles. The Kier molecular flexibility index (Phi) is 6.33. The summed E-state index contributed by atoms with van der Waals surface area (Å²) >= 11 is 0. The van der Waals surface area contributed by atoms with Crippen molar-refractivity contribution in [3.8, 4) is 17.2 Å². The van der Waals surface area contributed by atoms with Gasteiger partial charge in [-0.3, -0.25) is 4.79 Å². The number of rotatable bonds is 9. The second kappa shape index (κ2) is 9.10. The van der Waals surface area contributed by atoms with E-state index in [0.29, 0.717) is 19.5 Å². The van der Waals surface area contributed by atoms with Crippen LogP contribution in [0.5, 0.6) is 17.2 Å². The van der Waals surface area contributed by atoms with Gasteiger partial charge in [-0.25, -0.2) is 0 Å². The summed E-state index contributed by atoms with van der Waals surface area (Å²) in [4.78, 5) is 11.9. The fraction of sp³-hybridized carbons (Fsp3) is 0.350. The van der Waals surface area contributed by atoms with E-state index in [1.165, 1.54) is 5.56 Å². The molecule has 1 amide bonds. The number of methoxy groups -OCH3 is 1. The van der Waals surface area contributed by atoms with E-state index in [1.807, 2.05) is 30.3 Å². The van der Waals surface area contributed by atoms with Crippen molar-refractivity contribution in [3.05, 3.63) is 53.6 Å². The molecule has 6 nitrogen and oxygen atoms in total. The van der Waals surface area contributed by atoms with Crippen LogP contribution in [0.2, 0.25) is 0 Å². The number of benzene rings is 2. The standard InChI is InChI=1S/C20H24N2O4/c1-24-17-5-2-15(3-6-17)8-10-21-11-9-20(23)22-13-16-4-7-18-19(12-16)26-14-25-18/h2-7,12,21H,8-11,13-14H2,1H3,(H,22,23). The lowest BCUT2D eigenvalue weighted by molar-refractivity contribution is -0.121. The first-order chi connectivity index (χ1) is 12.7. The number of carbonyl (C=O) groups excluding carboxylic acids is 1. The molecular formula is C20H24N2O4. The van der Waals surface area contributed by atoms with Gasteiger partial charge in [0.15, 0.2) is 11.5 Å². The molecule has 0 bridgehead atoms. The van der Waals surface area contributed by atoms with Crippen LogP contribution in [-0.2, 0) is 17.8 Å². The van der Waals surface area contributed by atoms with Gasteiger partial charge in [0.1, 0.15) is 5.75 Å². The molecule has 0 aromatic heterocycles. The molecule has 0 saturated heterocycles. The lowest BCUT2D eigenvalue weighted by Crippen LogP contribution is -2.28. The van der Waals surface area contributed by atoms with Crippen molar-refractivity contribution in [1.82, 2.24) is 10.6 Å². The molecule has 2 aromatic carbocycles. The largest absolute Gasteiger partial charge is 0.497 e. The van der Waals surface area contributed by atoms with Gasteiger partial charge in [-0.1, -0.05) is 18.2 Å². The normalized spacial score (nSPS) is 12.0. The quantitative estimate of drug-likeness (QED) is 0.675. The maximum Gasteiger partial charge on any atom is 0.231 e. The van der Waals surface area contributed by atoms with Crippen LogP contribution in [0.25, 0.3) is 0 Å². The Morgan fingerprint density at radius 1 is 1.04 bits per heavy atom. The monoisotopic (exact) mass is 356 g/mol. The summed E-state index contributed by atoms with van der Waals surface area (Å²) in [6.45, 7) is 2.24. The molecule has 0 radical (unpaired) electrons. The van der Waals surface area contributed by atoms with E-state index in [4.69, 9.17) is 14.2 Å². The van der Waals surface area contributed by atoms with E-state index in [1.54, 1.807) is 7.11 Å². The zero-order valence-electron chi connectivity index (χ0n) is 14.9. The van der Waals surface area contributed by atoms with E-state index >= 15 is 0 Å². The van der Waals surface area contributed by atoms with Gasteiger partial charge < -0.3 is 24.8 Å². The van der Waals surface area contributed by atoms with Crippen LogP contribution in [0.3, 0.4) is 0 Å². The summed E-state index contributed by atoms with van der Waals surface area (Å²) in [6, 6.07) is 13.7. The Bertz CT molecular complexity index is 731. The Morgan fingerprint density at radius 3 is 2.62 bits per heavy atom. The number of carbonyl (C=O) groups is 1. The summed E-state index contributed by atoms with van der Waals surface area (Å²) < 4.78 is 15.8. The summed E-state index contributed by atoms with van der Waals surface area (Å²) in [5.41, 5.74) is 2.24. The average molecular weight is 356 g/mol. The molecule has 1 heterocycles. The van der Waals surface area contributed by atoms with Crippen LogP contribution >= 0.6 is 0 Å². The molecule has 2 aromatic rings. The van der Waals surface area contributed by atoms with Gasteiger partial charge in [0.05, 0.1) is 7.11 Å². The van der Waals surface area contributed by atoms with Gasteiger partial charge in [0, 0.05) is 19.5 Å². The van der Waals surface area contributed by atoms with Gasteiger partial charge in [0.25, 0.3) is 0 Å². The summed E-state index contributed by atoms with van der Waals surface area (Å²) in [7, 11) is 1.66. The molecule has 1 aliphatic rings. The van der Waals surface area contributed by atoms with E-state index in [-0.39, 0.29) is 12.7 Å². The number of fused-ring (bicyclic) bond motifs is 1. The third kappa shape index (κ3) is 5.13. The van der Waals surface area contributed by atoms with Gasteiger partial charge in [0.2, 0.25) is 12.7 Å². The van der Waals surface area contributed by atoms with Crippen LogP contribution in [0.4, 0.5) is 0 Å². The Morgan fingerprint density at radius 2 is 1.81 bits per heavy atom. The minimum Gasteiger partial charge on any atom is -0.497 e. The second-order valence-electron chi connectivity index (χ2n) is 6.06. The molecule has 6 heteroatoms. The van der Waals surface area contributed by atoms with Crippen molar-refractivity contribution < 1.29 is 19.0 Å². The maximum absolute atomic E-state index is 11.9. The van der Waals surface area contributed by atoms with Crippen LogP contribution in [0.15, 0.2) is 42.5 Å². The first-order valence-electron chi connectivity index (χ1n) is 8.73. The summed E-state index contributed by atoms with van der Waals surface area (Å²) in [5.74, 6) is 2.37. The third-order valence-corrected chi connectivity index (χ3v) is 4.21. The highest BCUT2D eigenvalue weighted by molar-refractivity contribution is 5.76. The number of hydrogen-bond donors (Lipinski definition) is 2. The minimum atomic E-state index is 0.0274. The van der Waals surface area contributed by atoms with E-state index in [0.717, 1.165) is 35.8 Å².